The van der Waals surface area contributed by atoms with Crippen molar-refractivity contribution in [2.24, 2.45) is 0 Å². The van der Waals surface area contributed by atoms with Crippen LogP contribution >= 0.6 is 0 Å². The van der Waals surface area contributed by atoms with Crippen LogP contribution in [-0.4, -0.2) is 23.3 Å². The van der Waals surface area contributed by atoms with Crippen LogP contribution in [0.4, 0.5) is 0 Å². The number of carbonyl (C=O) groups excluding carboxylic acids is 1. The molecule has 0 aliphatic carbocycles. The van der Waals surface area contributed by atoms with E-state index in [4.69, 9.17) is 6.11 Å². The van der Waals surface area contributed by atoms with Gasteiger partial charge in [-0.1, -0.05) is 39.0 Å². The van der Waals surface area contributed by atoms with E-state index in [0.29, 0.717) is 6.42 Å². The van der Waals surface area contributed by atoms with Gasteiger partial charge in [-0.25, -0.2) is 4.79 Å². The number of unbranched alkanes of at least 4 members (excludes halogenated alkanes) is 3. The summed E-state index contributed by atoms with van der Waals surface area (Å²) < 4.78 is 12.7. The number of carbonyl (C=O) groups is 1. The Bertz CT molecular complexity index is 288. The molecule has 3 atom stereocenters. The van der Waals surface area contributed by atoms with E-state index >= 15 is 0 Å². The van der Waals surface area contributed by atoms with Crippen molar-refractivity contribution in [2.75, 3.05) is 0 Å². The predicted molar refractivity (Wildman–Crippen MR) is 63.0 cm³/mol. The number of hydrogen-bond acceptors (Lipinski definition) is 3. The van der Waals surface area contributed by atoms with E-state index in [-0.39, 0.29) is 11.7 Å². The van der Waals surface area contributed by atoms with Gasteiger partial charge in [0.05, 0.1) is 11.7 Å². The van der Waals surface area contributed by atoms with Crippen molar-refractivity contribution in [3.63, 3.8) is 0 Å². The van der Waals surface area contributed by atoms with Crippen LogP contribution in [0.1, 0.15) is 53.7 Å². The lowest BCUT2D eigenvalue weighted by molar-refractivity contribution is -0.139. The van der Waals surface area contributed by atoms with Crippen molar-refractivity contribution in [3.05, 3.63) is 11.6 Å². The molecular formula is C13H22O3. The number of aliphatic hydroxyl groups is 1. The summed E-state index contributed by atoms with van der Waals surface area (Å²) in [6.45, 7) is 3.88. The molecule has 1 N–H and O–H groups in total. The Labute approximate surface area is 98.9 Å². The normalized spacial score (nSPS) is 24.7. The Morgan fingerprint density at radius 2 is 2.19 bits per heavy atom. The van der Waals surface area contributed by atoms with Gasteiger partial charge in [0, 0.05) is 1.37 Å². The Kier molecular flexibility index (Phi) is 4.87. The third kappa shape index (κ3) is 3.97. The number of ether oxygens (including phenoxy) is 1. The van der Waals surface area contributed by atoms with Crippen LogP contribution in [0.15, 0.2) is 11.6 Å². The third-order valence-corrected chi connectivity index (χ3v) is 2.71. The van der Waals surface area contributed by atoms with E-state index in [2.05, 4.69) is 6.92 Å². The minimum Gasteiger partial charge on any atom is -0.455 e. The fraction of sp³-hybridized carbons (Fsp3) is 0.769. The lowest BCUT2D eigenvalue weighted by atomic mass is 10.0. The van der Waals surface area contributed by atoms with Crippen molar-refractivity contribution in [2.45, 2.75) is 64.6 Å². The predicted octanol–water partition coefficient (Wildman–Crippen LogP) is 2.58. The highest BCUT2D eigenvalue weighted by Gasteiger charge is 2.27. The van der Waals surface area contributed by atoms with Gasteiger partial charge >= 0.3 is 5.97 Å². The molecule has 0 aromatic heterocycles. The molecule has 0 saturated carbocycles. The molecule has 0 amide bonds. The zero-order chi connectivity index (χ0) is 12.8. The molecule has 0 spiro atoms. The van der Waals surface area contributed by atoms with E-state index in [1.54, 1.807) is 13.0 Å². The van der Waals surface area contributed by atoms with Gasteiger partial charge in [-0.2, -0.15) is 0 Å². The summed E-state index contributed by atoms with van der Waals surface area (Å²) in [4.78, 5) is 11.4. The summed E-state index contributed by atoms with van der Waals surface area (Å²) in [6, 6.07) is 0. The maximum absolute atomic E-state index is 11.4. The standard InChI is InChI=1S/C13H22O3/c1-3-4-5-6-7-8-12(14)11-9-10(2)16-13(11)15/h9-10,12,14H,3-8H2,1-2H3/t10-,12-/m1/s1/i8D/t8?,10-,12-. The fourth-order valence-electron chi connectivity index (χ4n) is 1.78. The summed E-state index contributed by atoms with van der Waals surface area (Å²) in [6.07, 6.45) is 4.64. The Balaban J connectivity index is 2.38. The Hall–Kier alpha value is -0.830. The van der Waals surface area contributed by atoms with Crippen molar-refractivity contribution >= 4 is 5.97 Å². The van der Waals surface area contributed by atoms with Crippen LogP contribution in [0, 0.1) is 0 Å². The molecule has 3 nitrogen and oxygen atoms in total. The summed E-state index contributed by atoms with van der Waals surface area (Å²) in [5.74, 6) is -0.476. The maximum Gasteiger partial charge on any atom is 0.337 e. The molecule has 1 aliphatic heterocycles. The quantitative estimate of drug-likeness (QED) is 0.537. The second-order valence-electron chi connectivity index (χ2n) is 4.26. The molecule has 1 aliphatic rings. The molecule has 0 aromatic rings. The number of rotatable bonds is 7. The monoisotopic (exact) mass is 227 g/mol. The summed E-state index contributed by atoms with van der Waals surface area (Å²) >= 11 is 0. The minimum absolute atomic E-state index is 0.257. The van der Waals surface area contributed by atoms with E-state index in [1.807, 2.05) is 0 Å². The second kappa shape index (κ2) is 6.69. The average Bonchev–Trinajstić information content (AvgIpc) is 2.62. The Morgan fingerprint density at radius 3 is 2.75 bits per heavy atom. The number of cyclic esters (lactones) is 1. The van der Waals surface area contributed by atoms with Gasteiger partial charge in [-0.05, 0) is 19.4 Å². The highest BCUT2D eigenvalue weighted by atomic mass is 16.5. The molecule has 0 radical (unpaired) electrons. The molecule has 1 rings (SSSR count). The van der Waals surface area contributed by atoms with Gasteiger partial charge < -0.3 is 9.84 Å². The van der Waals surface area contributed by atoms with Crippen molar-refractivity contribution < 1.29 is 16.0 Å². The van der Waals surface area contributed by atoms with Crippen molar-refractivity contribution in [3.8, 4) is 0 Å². The number of aliphatic hydroxyl groups excluding tert-OH is 1. The largest absolute Gasteiger partial charge is 0.455 e. The van der Waals surface area contributed by atoms with E-state index in [1.165, 1.54) is 0 Å². The smallest absolute Gasteiger partial charge is 0.337 e. The topological polar surface area (TPSA) is 46.5 Å². The van der Waals surface area contributed by atoms with Gasteiger partial charge in [0.25, 0.3) is 0 Å². The minimum atomic E-state index is -1.01. The van der Waals surface area contributed by atoms with E-state index in [0.717, 1.165) is 25.7 Å². The molecule has 16 heavy (non-hydrogen) atoms. The Morgan fingerprint density at radius 1 is 1.50 bits per heavy atom. The van der Waals surface area contributed by atoms with Gasteiger partial charge in [0.2, 0.25) is 0 Å². The fourth-order valence-corrected chi connectivity index (χ4v) is 1.78. The van der Waals surface area contributed by atoms with Crippen molar-refractivity contribution in [1.82, 2.24) is 0 Å². The lowest BCUT2D eigenvalue weighted by Crippen LogP contribution is -2.16. The molecule has 0 bridgehead atoms. The second-order valence-corrected chi connectivity index (χ2v) is 4.26. The highest BCUT2D eigenvalue weighted by molar-refractivity contribution is 5.91. The van der Waals surface area contributed by atoms with E-state index < -0.39 is 18.5 Å². The van der Waals surface area contributed by atoms with Crippen LogP contribution in [0.5, 0.6) is 0 Å². The zero-order valence-corrected chi connectivity index (χ0v) is 10.1. The SMILES string of the molecule is [2H]C(CCCCCC)[C@@H](O)C1=C[C@@H](C)OC1=O. The zero-order valence-electron chi connectivity index (χ0n) is 11.1. The molecule has 0 saturated heterocycles. The van der Waals surface area contributed by atoms with Crippen LogP contribution in [0.25, 0.3) is 0 Å². The molecule has 1 unspecified atom stereocenters. The maximum atomic E-state index is 11.4. The molecule has 1 heterocycles. The molecule has 0 aromatic carbocycles. The van der Waals surface area contributed by atoms with Gasteiger partial charge in [-0.3, -0.25) is 0 Å². The van der Waals surface area contributed by atoms with Gasteiger partial charge in [-0.15, -0.1) is 0 Å². The average molecular weight is 227 g/mol. The summed E-state index contributed by atoms with van der Waals surface area (Å²) in [5.41, 5.74) is 0.257. The van der Waals surface area contributed by atoms with Crippen LogP contribution in [-0.2, 0) is 9.53 Å². The van der Waals surface area contributed by atoms with E-state index in [9.17, 15) is 9.90 Å². The molecule has 0 fully saturated rings. The summed E-state index contributed by atoms with van der Waals surface area (Å²) in [7, 11) is 0. The van der Waals surface area contributed by atoms with Crippen molar-refractivity contribution in [1.29, 1.82) is 0 Å². The van der Waals surface area contributed by atoms with Crippen LogP contribution in [0.2, 0.25) is 0 Å². The third-order valence-electron chi connectivity index (χ3n) is 2.71. The highest BCUT2D eigenvalue weighted by Crippen LogP contribution is 2.20. The molecule has 3 heteroatoms. The van der Waals surface area contributed by atoms with Gasteiger partial charge in [0.15, 0.2) is 0 Å². The summed E-state index contributed by atoms with van der Waals surface area (Å²) in [5, 5.41) is 9.91. The van der Waals surface area contributed by atoms with Crippen LogP contribution < -0.4 is 0 Å². The lowest BCUT2D eigenvalue weighted by Gasteiger charge is -2.09. The first-order chi connectivity index (χ1) is 8.06. The van der Waals surface area contributed by atoms with Crippen LogP contribution in [0.3, 0.4) is 0 Å². The first kappa shape index (κ1) is 11.6. The van der Waals surface area contributed by atoms with Gasteiger partial charge in [0.1, 0.15) is 6.10 Å². The first-order valence-electron chi connectivity index (χ1n) is 6.67. The molecular weight excluding hydrogens is 204 g/mol. The number of esters is 1. The first-order valence-corrected chi connectivity index (χ1v) is 6.09. The molecule has 92 valence electrons. The number of hydrogen-bond donors (Lipinski definition) is 1.